The number of carbonyl (C=O) groups excluding carboxylic acids is 2. The van der Waals surface area contributed by atoms with E-state index < -0.39 is 12.0 Å². The van der Waals surface area contributed by atoms with Crippen molar-refractivity contribution in [1.82, 2.24) is 10.6 Å². The highest BCUT2D eigenvalue weighted by molar-refractivity contribution is 6.35. The largest absolute Gasteiger partial charge is 0.489 e. The molecule has 1 heterocycles. The molecule has 34 heavy (non-hydrogen) atoms. The molecule has 2 N–H and O–H groups in total. The fraction of sp³-hybridized carbons (Fsp3) is 0.154. The molecule has 0 aromatic heterocycles. The van der Waals surface area contributed by atoms with Crippen molar-refractivity contribution in [2.24, 2.45) is 0 Å². The maximum absolute atomic E-state index is 12.9. The summed E-state index contributed by atoms with van der Waals surface area (Å²) in [5.41, 5.74) is 3.20. The van der Waals surface area contributed by atoms with Gasteiger partial charge in [-0.05, 0) is 42.3 Å². The number of nitrogens with one attached hydrogen (secondary N) is 2. The Balaban J connectivity index is 1.47. The molecule has 2 amide bonds. The summed E-state index contributed by atoms with van der Waals surface area (Å²) < 4.78 is 11.3. The molecule has 0 bridgehead atoms. The molecular weight excluding hydrogens is 475 g/mol. The van der Waals surface area contributed by atoms with Gasteiger partial charge < -0.3 is 20.1 Å². The van der Waals surface area contributed by atoms with E-state index in [9.17, 15) is 9.59 Å². The second kappa shape index (κ2) is 10.6. The number of esters is 1. The van der Waals surface area contributed by atoms with E-state index in [1.165, 1.54) is 0 Å². The van der Waals surface area contributed by atoms with Crippen molar-refractivity contribution in [1.29, 1.82) is 0 Å². The third-order valence-corrected chi connectivity index (χ3v) is 5.91. The molecule has 1 atom stereocenters. The van der Waals surface area contributed by atoms with Crippen LogP contribution in [0.2, 0.25) is 10.0 Å². The summed E-state index contributed by atoms with van der Waals surface area (Å²) in [5, 5.41) is 6.54. The second-order valence-corrected chi connectivity index (χ2v) is 8.57. The number of halogens is 2. The Hall–Kier alpha value is -3.48. The Morgan fingerprint density at radius 2 is 1.71 bits per heavy atom. The third-order valence-electron chi connectivity index (χ3n) is 5.32. The second-order valence-electron chi connectivity index (χ2n) is 7.73. The number of allylic oxidation sites excluding steroid dienone is 1. The van der Waals surface area contributed by atoms with Crippen molar-refractivity contribution in [3.63, 3.8) is 0 Å². The van der Waals surface area contributed by atoms with E-state index in [0.29, 0.717) is 27.1 Å². The quantitative estimate of drug-likeness (QED) is 0.396. The average molecular weight is 497 g/mol. The molecule has 3 aromatic rings. The minimum absolute atomic E-state index is 0.136. The van der Waals surface area contributed by atoms with Crippen molar-refractivity contribution in [2.75, 3.05) is 0 Å². The highest BCUT2D eigenvalue weighted by Crippen LogP contribution is 2.30. The minimum Gasteiger partial charge on any atom is -0.489 e. The van der Waals surface area contributed by atoms with E-state index in [4.69, 9.17) is 32.7 Å². The number of urea groups is 1. The molecule has 1 aliphatic heterocycles. The van der Waals surface area contributed by atoms with Crippen LogP contribution in [0, 0.1) is 0 Å². The van der Waals surface area contributed by atoms with Crippen LogP contribution in [0.1, 0.15) is 29.7 Å². The van der Waals surface area contributed by atoms with Gasteiger partial charge in [0, 0.05) is 21.3 Å². The molecule has 6 nitrogen and oxygen atoms in total. The monoisotopic (exact) mass is 496 g/mol. The average Bonchev–Trinajstić information content (AvgIpc) is 2.82. The third kappa shape index (κ3) is 5.71. The van der Waals surface area contributed by atoms with Gasteiger partial charge in [-0.2, -0.15) is 0 Å². The number of benzene rings is 3. The standard InChI is InChI=1S/C26H22Cl2N2O4/c1-16-23(25(31)34-14-17-5-3-2-4-6-17)24(30-26(32)29-16)18-8-11-21(12-9-18)33-15-19-7-10-20(27)13-22(19)28/h2-13,24H,14-15H2,1H3,(H2,29,30,32). The number of rotatable bonds is 7. The topological polar surface area (TPSA) is 76.7 Å². The van der Waals surface area contributed by atoms with Gasteiger partial charge in [-0.3, -0.25) is 0 Å². The summed E-state index contributed by atoms with van der Waals surface area (Å²) in [6, 6.07) is 20.7. The van der Waals surface area contributed by atoms with Gasteiger partial charge in [-0.25, -0.2) is 9.59 Å². The van der Waals surface area contributed by atoms with E-state index >= 15 is 0 Å². The van der Waals surface area contributed by atoms with Gasteiger partial charge in [0.05, 0.1) is 11.6 Å². The van der Waals surface area contributed by atoms with Crippen molar-refractivity contribution < 1.29 is 19.1 Å². The number of hydrogen-bond acceptors (Lipinski definition) is 4. The normalized spacial score (nSPS) is 15.4. The summed E-state index contributed by atoms with van der Waals surface area (Å²) in [6.45, 7) is 2.09. The van der Waals surface area contributed by atoms with Gasteiger partial charge in [-0.15, -0.1) is 0 Å². The summed E-state index contributed by atoms with van der Waals surface area (Å²) in [5.74, 6) is 0.112. The number of ether oxygens (including phenoxy) is 2. The maximum atomic E-state index is 12.9. The molecule has 0 fully saturated rings. The van der Waals surface area contributed by atoms with Crippen LogP contribution in [-0.4, -0.2) is 12.0 Å². The molecule has 1 unspecified atom stereocenters. The van der Waals surface area contributed by atoms with Crippen LogP contribution < -0.4 is 15.4 Å². The Morgan fingerprint density at radius 3 is 2.41 bits per heavy atom. The molecule has 0 aliphatic carbocycles. The van der Waals surface area contributed by atoms with Crippen molar-refractivity contribution >= 4 is 35.2 Å². The molecule has 8 heteroatoms. The zero-order chi connectivity index (χ0) is 24.1. The van der Waals surface area contributed by atoms with Crippen LogP contribution in [-0.2, 0) is 22.7 Å². The van der Waals surface area contributed by atoms with E-state index in [-0.39, 0.29) is 19.2 Å². The highest BCUT2D eigenvalue weighted by Gasteiger charge is 2.32. The summed E-state index contributed by atoms with van der Waals surface area (Å²) in [4.78, 5) is 25.1. The lowest BCUT2D eigenvalue weighted by atomic mass is 9.95. The Bertz CT molecular complexity index is 1230. The molecule has 4 rings (SSSR count). The fourth-order valence-corrected chi connectivity index (χ4v) is 4.03. The van der Waals surface area contributed by atoms with Crippen molar-refractivity contribution in [3.05, 3.63) is 111 Å². The van der Waals surface area contributed by atoms with Crippen LogP contribution >= 0.6 is 23.2 Å². The maximum Gasteiger partial charge on any atom is 0.338 e. The van der Waals surface area contributed by atoms with Crippen LogP contribution in [0.25, 0.3) is 0 Å². The lowest BCUT2D eigenvalue weighted by molar-refractivity contribution is -0.140. The van der Waals surface area contributed by atoms with Gasteiger partial charge in [-0.1, -0.05) is 71.7 Å². The molecule has 0 saturated carbocycles. The smallest absolute Gasteiger partial charge is 0.338 e. The van der Waals surface area contributed by atoms with Gasteiger partial charge in [0.2, 0.25) is 0 Å². The number of amides is 2. The first-order chi connectivity index (χ1) is 16.4. The first-order valence-corrected chi connectivity index (χ1v) is 11.3. The summed E-state index contributed by atoms with van der Waals surface area (Å²) in [6.07, 6.45) is 0. The molecule has 0 saturated heterocycles. The van der Waals surface area contributed by atoms with E-state index in [2.05, 4.69) is 10.6 Å². The van der Waals surface area contributed by atoms with Crippen LogP contribution in [0.3, 0.4) is 0 Å². The zero-order valence-corrected chi connectivity index (χ0v) is 19.8. The van der Waals surface area contributed by atoms with Gasteiger partial charge in [0.1, 0.15) is 19.0 Å². The Kier molecular flexibility index (Phi) is 7.40. The molecule has 0 spiro atoms. The number of hydrogen-bond donors (Lipinski definition) is 2. The number of carbonyl (C=O) groups is 2. The lowest BCUT2D eigenvalue weighted by Gasteiger charge is -2.28. The van der Waals surface area contributed by atoms with Crippen LogP contribution in [0.4, 0.5) is 4.79 Å². The van der Waals surface area contributed by atoms with Gasteiger partial charge >= 0.3 is 12.0 Å². The predicted octanol–water partition coefficient (Wildman–Crippen LogP) is 5.94. The van der Waals surface area contributed by atoms with Crippen LogP contribution in [0.15, 0.2) is 84.1 Å². The fourth-order valence-electron chi connectivity index (χ4n) is 3.57. The zero-order valence-electron chi connectivity index (χ0n) is 18.3. The Labute approximate surface area is 207 Å². The molecule has 0 radical (unpaired) electrons. The molecular formula is C26H22Cl2N2O4. The van der Waals surface area contributed by atoms with Crippen molar-refractivity contribution in [3.8, 4) is 5.75 Å². The van der Waals surface area contributed by atoms with E-state index in [0.717, 1.165) is 16.7 Å². The highest BCUT2D eigenvalue weighted by atomic mass is 35.5. The Morgan fingerprint density at radius 1 is 0.971 bits per heavy atom. The van der Waals surface area contributed by atoms with Crippen molar-refractivity contribution in [2.45, 2.75) is 26.2 Å². The SMILES string of the molecule is CC1=C(C(=O)OCc2ccccc2)C(c2ccc(OCc3ccc(Cl)cc3Cl)cc2)NC(=O)N1. The summed E-state index contributed by atoms with van der Waals surface area (Å²) in [7, 11) is 0. The molecule has 1 aliphatic rings. The van der Waals surface area contributed by atoms with E-state index in [1.807, 2.05) is 36.4 Å². The first-order valence-electron chi connectivity index (χ1n) is 10.6. The van der Waals surface area contributed by atoms with Gasteiger partial charge in [0.25, 0.3) is 0 Å². The first kappa shape index (κ1) is 23.7. The predicted molar refractivity (Wildman–Crippen MR) is 131 cm³/mol. The van der Waals surface area contributed by atoms with Gasteiger partial charge in [0.15, 0.2) is 0 Å². The minimum atomic E-state index is -0.656. The summed E-state index contributed by atoms with van der Waals surface area (Å²) >= 11 is 12.1. The van der Waals surface area contributed by atoms with E-state index in [1.54, 1.807) is 43.3 Å². The van der Waals surface area contributed by atoms with Crippen LogP contribution in [0.5, 0.6) is 5.75 Å². The molecule has 3 aromatic carbocycles. The lowest BCUT2D eigenvalue weighted by Crippen LogP contribution is -2.45. The molecule has 174 valence electrons.